The molecule has 3 rings (SSSR count). The van der Waals surface area contributed by atoms with Gasteiger partial charge in [0.05, 0.1) is 12.7 Å². The summed E-state index contributed by atoms with van der Waals surface area (Å²) in [5.41, 5.74) is 3.16. The number of nitrogens with zero attached hydrogens (tertiary/aromatic N) is 2. The third kappa shape index (κ3) is 1.71. The predicted molar refractivity (Wildman–Crippen MR) is 68.1 cm³/mol. The van der Waals surface area contributed by atoms with E-state index in [0.29, 0.717) is 28.2 Å². The summed E-state index contributed by atoms with van der Waals surface area (Å²) in [4.78, 5) is 0. The van der Waals surface area contributed by atoms with Crippen molar-refractivity contribution in [3.63, 3.8) is 0 Å². The largest absolute Gasteiger partial charge is 0.496 e. The number of rotatable bonds is 2. The number of hydrogen-bond acceptors (Lipinski definition) is 4. The molecule has 96 valence electrons. The van der Waals surface area contributed by atoms with Gasteiger partial charge < -0.3 is 9.26 Å². The number of para-hydroxylation sites is 1. The number of pyridine rings is 1. The van der Waals surface area contributed by atoms with Crippen molar-refractivity contribution in [1.29, 1.82) is 0 Å². The number of methoxy groups -OCH3 is 1. The van der Waals surface area contributed by atoms with Crippen LogP contribution in [-0.4, -0.2) is 17.5 Å². The monoisotopic (exact) mass is 257 g/mol. The zero-order valence-electron chi connectivity index (χ0n) is 10.6. The topological polar surface area (TPSA) is 59.4 Å². The molecule has 0 saturated heterocycles. The molecule has 0 amide bonds. The van der Waals surface area contributed by atoms with Crippen LogP contribution in [0.4, 0.5) is 0 Å². The van der Waals surface area contributed by atoms with Crippen molar-refractivity contribution in [1.82, 2.24) is 5.16 Å². The Morgan fingerprint density at radius 2 is 2.00 bits per heavy atom. The second-order valence-corrected chi connectivity index (χ2v) is 4.21. The highest BCUT2D eigenvalue weighted by molar-refractivity contribution is 5.74. The van der Waals surface area contributed by atoms with E-state index in [2.05, 4.69) is 5.16 Å². The van der Waals surface area contributed by atoms with Gasteiger partial charge in [-0.1, -0.05) is 17.3 Å². The Labute approximate surface area is 109 Å². The van der Waals surface area contributed by atoms with Crippen LogP contribution >= 0.6 is 0 Å². The van der Waals surface area contributed by atoms with E-state index in [1.807, 2.05) is 24.3 Å². The number of benzene rings is 1. The summed E-state index contributed by atoms with van der Waals surface area (Å²) < 4.78 is 11.5. The van der Waals surface area contributed by atoms with Gasteiger partial charge in [-0.25, -0.2) is 0 Å². The molecule has 0 spiro atoms. The molecule has 0 bridgehead atoms. The first kappa shape index (κ1) is 11.5. The highest BCUT2D eigenvalue weighted by atomic mass is 16.5. The van der Waals surface area contributed by atoms with Gasteiger partial charge in [0.1, 0.15) is 5.75 Å². The minimum atomic E-state index is 0.540. The van der Waals surface area contributed by atoms with Crippen LogP contribution in [0, 0.1) is 6.92 Å². The molecule has 19 heavy (non-hydrogen) atoms. The van der Waals surface area contributed by atoms with Crippen LogP contribution in [0.1, 0.15) is 5.69 Å². The smallest absolute Gasteiger partial charge is 0.327 e. The molecule has 1 aromatic carbocycles. The van der Waals surface area contributed by atoms with Crippen LogP contribution in [0.3, 0.4) is 0 Å². The lowest BCUT2D eigenvalue weighted by atomic mass is 10.1. The second kappa shape index (κ2) is 4.28. The third-order valence-electron chi connectivity index (χ3n) is 3.07. The first-order valence-corrected chi connectivity index (χ1v) is 5.86. The number of fused-ring (bicyclic) bond motifs is 1. The van der Waals surface area contributed by atoms with Crippen molar-refractivity contribution in [3.05, 3.63) is 42.1 Å². The van der Waals surface area contributed by atoms with Gasteiger partial charge in [0.15, 0.2) is 5.69 Å². The SMILES string of the molecule is COc1ccccc1-c1ccc2onc(C)c2[n+]1O. The van der Waals surface area contributed by atoms with E-state index in [1.165, 1.54) is 0 Å². The number of ether oxygens (including phenoxy) is 1. The van der Waals surface area contributed by atoms with Crippen LogP contribution in [0.25, 0.3) is 22.4 Å². The van der Waals surface area contributed by atoms with Gasteiger partial charge in [-0.2, -0.15) is 0 Å². The first-order chi connectivity index (χ1) is 9.22. The zero-order valence-corrected chi connectivity index (χ0v) is 10.6. The fraction of sp³-hybridized carbons (Fsp3) is 0.143. The lowest BCUT2D eigenvalue weighted by Gasteiger charge is -2.04. The highest BCUT2D eigenvalue weighted by Crippen LogP contribution is 2.28. The molecule has 1 N–H and O–H groups in total. The zero-order chi connectivity index (χ0) is 13.4. The van der Waals surface area contributed by atoms with E-state index in [0.717, 1.165) is 10.3 Å². The van der Waals surface area contributed by atoms with E-state index >= 15 is 0 Å². The number of aromatic nitrogens is 2. The molecule has 0 fully saturated rings. The average Bonchev–Trinajstić information content (AvgIpc) is 2.82. The molecule has 5 heteroatoms. The highest BCUT2D eigenvalue weighted by Gasteiger charge is 2.24. The molecular weight excluding hydrogens is 244 g/mol. The molecule has 2 heterocycles. The fourth-order valence-electron chi connectivity index (χ4n) is 2.16. The molecule has 0 aliphatic heterocycles. The summed E-state index contributed by atoms with van der Waals surface area (Å²) in [5.74, 6) is 0.693. The van der Waals surface area contributed by atoms with Gasteiger partial charge in [0.2, 0.25) is 5.58 Å². The lowest BCUT2D eigenvalue weighted by molar-refractivity contribution is -0.876. The molecule has 0 unspecified atom stereocenters. The Bertz CT molecular complexity index is 750. The molecule has 0 atom stereocenters. The molecular formula is C14H13N2O3+. The van der Waals surface area contributed by atoms with Crippen molar-refractivity contribution in [2.75, 3.05) is 7.11 Å². The molecule has 2 aromatic heterocycles. The molecule has 5 nitrogen and oxygen atoms in total. The first-order valence-electron chi connectivity index (χ1n) is 5.86. The lowest BCUT2D eigenvalue weighted by Crippen LogP contribution is -2.34. The van der Waals surface area contributed by atoms with Gasteiger partial charge in [-0.05, 0) is 25.1 Å². The quantitative estimate of drug-likeness (QED) is 0.565. The summed E-state index contributed by atoms with van der Waals surface area (Å²) in [7, 11) is 1.60. The van der Waals surface area contributed by atoms with E-state index in [4.69, 9.17) is 9.26 Å². The van der Waals surface area contributed by atoms with Crippen molar-refractivity contribution in [2.24, 2.45) is 0 Å². The Morgan fingerprint density at radius 3 is 2.79 bits per heavy atom. The Hall–Kier alpha value is -2.56. The summed E-state index contributed by atoms with van der Waals surface area (Å²) >= 11 is 0. The number of hydrogen-bond donors (Lipinski definition) is 1. The Balaban J connectivity index is 2.31. The van der Waals surface area contributed by atoms with Crippen LogP contribution in [-0.2, 0) is 0 Å². The number of aryl methyl sites for hydroxylation is 1. The minimum Gasteiger partial charge on any atom is -0.496 e. The summed E-state index contributed by atoms with van der Waals surface area (Å²) in [5, 5.41) is 14.2. The van der Waals surface area contributed by atoms with Gasteiger partial charge >= 0.3 is 5.52 Å². The molecule has 0 radical (unpaired) electrons. The molecule has 0 aliphatic carbocycles. The van der Waals surface area contributed by atoms with Gasteiger partial charge in [-0.15, -0.1) is 0 Å². The van der Waals surface area contributed by atoms with Crippen molar-refractivity contribution >= 4 is 11.1 Å². The van der Waals surface area contributed by atoms with E-state index in [1.54, 1.807) is 26.2 Å². The maximum atomic E-state index is 10.4. The molecule has 0 aliphatic rings. The molecule has 3 aromatic rings. The van der Waals surface area contributed by atoms with Gasteiger partial charge in [-0.3, -0.25) is 5.21 Å². The van der Waals surface area contributed by atoms with Gasteiger partial charge in [0.25, 0.3) is 5.69 Å². The van der Waals surface area contributed by atoms with Crippen molar-refractivity contribution in [3.8, 4) is 17.0 Å². The third-order valence-corrected chi connectivity index (χ3v) is 3.07. The summed E-state index contributed by atoms with van der Waals surface area (Å²) in [6.07, 6.45) is 0. The van der Waals surface area contributed by atoms with Crippen LogP contribution < -0.4 is 9.47 Å². The predicted octanol–water partition coefficient (Wildman–Crippen LogP) is 2.34. The average molecular weight is 257 g/mol. The summed E-state index contributed by atoms with van der Waals surface area (Å²) in [6.45, 7) is 1.78. The Kier molecular flexibility index (Phi) is 2.59. The van der Waals surface area contributed by atoms with E-state index in [9.17, 15) is 5.21 Å². The van der Waals surface area contributed by atoms with Crippen molar-refractivity contribution in [2.45, 2.75) is 6.92 Å². The fourth-order valence-corrected chi connectivity index (χ4v) is 2.16. The van der Waals surface area contributed by atoms with Crippen LogP contribution in [0.5, 0.6) is 5.75 Å². The van der Waals surface area contributed by atoms with E-state index < -0.39 is 0 Å². The normalized spacial score (nSPS) is 10.8. The Morgan fingerprint density at radius 1 is 1.21 bits per heavy atom. The van der Waals surface area contributed by atoms with Crippen molar-refractivity contribution < 1.29 is 19.2 Å². The van der Waals surface area contributed by atoms with Gasteiger partial charge in [0, 0.05) is 10.8 Å². The maximum Gasteiger partial charge on any atom is 0.327 e. The maximum absolute atomic E-state index is 10.4. The molecule has 0 saturated carbocycles. The summed E-state index contributed by atoms with van der Waals surface area (Å²) in [6, 6.07) is 11.1. The second-order valence-electron chi connectivity index (χ2n) is 4.21. The van der Waals surface area contributed by atoms with E-state index in [-0.39, 0.29) is 0 Å². The standard InChI is InChI=1S/C14H13N2O3/c1-9-14-13(19-15-9)8-7-11(16(14)17)10-5-3-4-6-12(10)18-2/h3-8,17H,1-2H3/q+1. The van der Waals surface area contributed by atoms with Crippen LogP contribution in [0.15, 0.2) is 40.9 Å². The van der Waals surface area contributed by atoms with Crippen LogP contribution in [0.2, 0.25) is 0 Å². The minimum absolute atomic E-state index is 0.540.